The van der Waals surface area contributed by atoms with E-state index in [2.05, 4.69) is 12.2 Å². The second-order valence-corrected chi connectivity index (χ2v) is 4.24. The second-order valence-electron chi connectivity index (χ2n) is 4.24. The Balaban J connectivity index is 1.98. The van der Waals surface area contributed by atoms with Gasteiger partial charge in [-0.25, -0.2) is 4.79 Å². The summed E-state index contributed by atoms with van der Waals surface area (Å²) in [6, 6.07) is 0. The molecule has 0 amide bonds. The highest BCUT2D eigenvalue weighted by Crippen LogP contribution is 2.47. The van der Waals surface area contributed by atoms with Crippen LogP contribution in [-0.4, -0.2) is 11.6 Å². The van der Waals surface area contributed by atoms with Crippen molar-refractivity contribution < 1.29 is 9.53 Å². The number of carbonyl (C=O) groups is 1. The van der Waals surface area contributed by atoms with Crippen LogP contribution in [0.2, 0.25) is 0 Å². The molecule has 0 N–H and O–H groups in total. The molecule has 68 valence electrons. The fourth-order valence-electron chi connectivity index (χ4n) is 2.79. The minimum Gasteiger partial charge on any atom is -0.451 e. The first kappa shape index (κ1) is 7.36. The fourth-order valence-corrected chi connectivity index (χ4v) is 2.79. The molecule has 2 heteroatoms. The fraction of sp³-hybridized carbons (Fsp3) is 0.545. The molecule has 3 atom stereocenters. The highest BCUT2D eigenvalue weighted by Gasteiger charge is 2.48. The molecule has 4 rings (SSSR count). The Hall–Kier alpha value is -1.05. The van der Waals surface area contributed by atoms with Crippen molar-refractivity contribution in [3.8, 4) is 0 Å². The molecule has 0 saturated heterocycles. The minimum atomic E-state index is -0.255. The zero-order valence-corrected chi connectivity index (χ0v) is 7.40. The topological polar surface area (TPSA) is 26.3 Å². The van der Waals surface area contributed by atoms with Crippen molar-refractivity contribution in [3.05, 3.63) is 24.3 Å². The van der Waals surface area contributed by atoms with Crippen molar-refractivity contribution in [1.29, 1.82) is 0 Å². The lowest BCUT2D eigenvalue weighted by Crippen LogP contribution is -2.44. The van der Waals surface area contributed by atoms with Gasteiger partial charge in [0.05, 0.1) is 0 Å². The molecule has 3 aliphatic carbocycles. The lowest BCUT2D eigenvalue weighted by Gasteiger charge is -2.43. The van der Waals surface area contributed by atoms with Gasteiger partial charge in [0.2, 0.25) is 0 Å². The van der Waals surface area contributed by atoms with Crippen LogP contribution in [0.15, 0.2) is 24.3 Å². The Kier molecular flexibility index (Phi) is 1.27. The van der Waals surface area contributed by atoms with Gasteiger partial charge in [-0.2, -0.15) is 0 Å². The molecule has 1 heterocycles. The van der Waals surface area contributed by atoms with E-state index in [4.69, 9.17) is 4.74 Å². The van der Waals surface area contributed by atoms with Crippen LogP contribution in [0.3, 0.4) is 0 Å². The Labute approximate surface area is 77.3 Å². The molecule has 0 aromatic rings. The van der Waals surface area contributed by atoms with Gasteiger partial charge in [-0.1, -0.05) is 12.2 Å². The Morgan fingerprint density at radius 2 is 2.31 bits per heavy atom. The smallest absolute Gasteiger partial charge is 0.331 e. The van der Waals surface area contributed by atoms with Gasteiger partial charge in [0.15, 0.2) is 0 Å². The average Bonchev–Trinajstić information content (AvgIpc) is 2.49. The summed E-state index contributed by atoms with van der Waals surface area (Å²) in [6.07, 6.45) is 11.5. The summed E-state index contributed by atoms with van der Waals surface area (Å²) >= 11 is 0. The summed E-state index contributed by atoms with van der Waals surface area (Å²) in [6.45, 7) is 0. The largest absolute Gasteiger partial charge is 0.451 e. The van der Waals surface area contributed by atoms with Crippen molar-refractivity contribution in [2.75, 3.05) is 0 Å². The molecule has 2 nitrogen and oxygen atoms in total. The maximum atomic E-state index is 11.1. The second kappa shape index (κ2) is 2.25. The number of carbonyl (C=O) groups excluding carboxylic acids is 1. The monoisotopic (exact) mass is 176 g/mol. The molecule has 1 fully saturated rings. The van der Waals surface area contributed by atoms with Gasteiger partial charge in [0.25, 0.3) is 0 Å². The van der Waals surface area contributed by atoms with Gasteiger partial charge >= 0.3 is 5.97 Å². The third-order valence-electron chi connectivity index (χ3n) is 3.47. The third kappa shape index (κ3) is 0.916. The molecule has 1 aliphatic heterocycles. The van der Waals surface area contributed by atoms with Crippen LogP contribution in [0.4, 0.5) is 0 Å². The lowest BCUT2D eigenvalue weighted by molar-refractivity contribution is -0.152. The Morgan fingerprint density at radius 1 is 1.38 bits per heavy atom. The minimum absolute atomic E-state index is 0.166. The van der Waals surface area contributed by atoms with Crippen molar-refractivity contribution in [1.82, 2.24) is 0 Å². The van der Waals surface area contributed by atoms with E-state index in [-0.39, 0.29) is 11.6 Å². The molecule has 0 aromatic carbocycles. The van der Waals surface area contributed by atoms with Crippen LogP contribution in [0, 0.1) is 11.8 Å². The van der Waals surface area contributed by atoms with E-state index in [0.717, 1.165) is 6.42 Å². The van der Waals surface area contributed by atoms with Gasteiger partial charge in [0, 0.05) is 12.0 Å². The number of ether oxygens (including phenoxy) is 1. The van der Waals surface area contributed by atoms with Crippen LogP contribution in [0.5, 0.6) is 0 Å². The third-order valence-corrected chi connectivity index (χ3v) is 3.47. The van der Waals surface area contributed by atoms with E-state index in [1.54, 1.807) is 6.08 Å². The van der Waals surface area contributed by atoms with Crippen LogP contribution < -0.4 is 0 Å². The molecule has 1 spiro atoms. The highest BCUT2D eigenvalue weighted by atomic mass is 16.6. The summed E-state index contributed by atoms with van der Waals surface area (Å²) in [4.78, 5) is 11.1. The number of hydrogen-bond acceptors (Lipinski definition) is 2. The number of fused-ring (bicyclic) bond motifs is 1. The zero-order valence-electron chi connectivity index (χ0n) is 7.40. The van der Waals surface area contributed by atoms with Gasteiger partial charge < -0.3 is 4.74 Å². The van der Waals surface area contributed by atoms with E-state index in [9.17, 15) is 4.79 Å². The molecule has 0 radical (unpaired) electrons. The molecule has 0 aromatic heterocycles. The normalized spacial score (nSPS) is 46.0. The van der Waals surface area contributed by atoms with Crippen molar-refractivity contribution in [3.63, 3.8) is 0 Å². The van der Waals surface area contributed by atoms with Crippen molar-refractivity contribution >= 4 is 5.97 Å². The summed E-state index contributed by atoms with van der Waals surface area (Å²) in [5.41, 5.74) is -0.255. The van der Waals surface area contributed by atoms with E-state index in [1.807, 2.05) is 6.08 Å². The summed E-state index contributed by atoms with van der Waals surface area (Å²) in [5.74, 6) is 0.890. The van der Waals surface area contributed by atoms with Gasteiger partial charge in [-0.05, 0) is 31.3 Å². The maximum absolute atomic E-state index is 11.1. The van der Waals surface area contributed by atoms with E-state index in [0.29, 0.717) is 11.8 Å². The first-order valence-corrected chi connectivity index (χ1v) is 4.89. The summed E-state index contributed by atoms with van der Waals surface area (Å²) in [5, 5.41) is 0. The predicted molar refractivity (Wildman–Crippen MR) is 47.9 cm³/mol. The highest BCUT2D eigenvalue weighted by molar-refractivity contribution is 5.85. The summed E-state index contributed by atoms with van der Waals surface area (Å²) in [7, 11) is 0. The zero-order chi connectivity index (χ0) is 8.89. The molecule has 1 saturated carbocycles. The van der Waals surface area contributed by atoms with Crippen molar-refractivity contribution in [2.24, 2.45) is 11.8 Å². The van der Waals surface area contributed by atoms with Crippen molar-refractivity contribution in [2.45, 2.75) is 24.9 Å². The molecule has 4 aliphatic rings. The van der Waals surface area contributed by atoms with Crippen LogP contribution in [0.1, 0.15) is 19.3 Å². The number of hydrogen-bond donors (Lipinski definition) is 0. The van der Waals surface area contributed by atoms with Crippen LogP contribution >= 0.6 is 0 Å². The molecule has 13 heavy (non-hydrogen) atoms. The lowest BCUT2D eigenvalue weighted by atomic mass is 9.66. The van der Waals surface area contributed by atoms with Crippen LogP contribution in [-0.2, 0) is 9.53 Å². The Morgan fingerprint density at radius 3 is 2.77 bits per heavy atom. The van der Waals surface area contributed by atoms with Gasteiger partial charge in [-0.15, -0.1) is 0 Å². The van der Waals surface area contributed by atoms with E-state index < -0.39 is 0 Å². The summed E-state index contributed by atoms with van der Waals surface area (Å²) < 4.78 is 5.42. The molecule has 2 bridgehead atoms. The Bertz CT molecular complexity index is 316. The predicted octanol–water partition coefficient (Wildman–Crippen LogP) is 1.82. The van der Waals surface area contributed by atoms with E-state index in [1.165, 1.54) is 12.8 Å². The van der Waals surface area contributed by atoms with Gasteiger partial charge in [-0.3, -0.25) is 0 Å². The number of rotatable bonds is 0. The van der Waals surface area contributed by atoms with Gasteiger partial charge in [0.1, 0.15) is 5.60 Å². The van der Waals surface area contributed by atoms with Crippen LogP contribution in [0.25, 0.3) is 0 Å². The maximum Gasteiger partial charge on any atom is 0.331 e. The molecular formula is C11H12O2. The molecular weight excluding hydrogens is 164 g/mol. The number of allylic oxidation sites excluding steroid dienone is 1. The average molecular weight is 176 g/mol. The first-order valence-electron chi connectivity index (χ1n) is 4.89. The van der Waals surface area contributed by atoms with E-state index >= 15 is 0 Å². The first-order chi connectivity index (χ1) is 6.28. The number of esters is 1. The quantitative estimate of drug-likeness (QED) is 0.415. The standard InChI is InChI=1S/C11H12O2/c12-10-5-6-11(13-10)7-8-1-3-9(11)4-2-8/h1,3,5-6,8-9H,2,4,7H2/t8-,9+,11+/m0/s1. The molecule has 0 unspecified atom stereocenters. The SMILES string of the molecule is O=C1C=C[C@]2(C[C@H]3C=C[C@@H]2CC3)O1.